The van der Waals surface area contributed by atoms with Crippen molar-refractivity contribution in [2.75, 3.05) is 13.2 Å². The number of pyridine rings is 1. The summed E-state index contributed by atoms with van der Waals surface area (Å²) in [5, 5.41) is 13.6. The summed E-state index contributed by atoms with van der Waals surface area (Å²) in [5.74, 6) is -1.21. The van der Waals surface area contributed by atoms with Gasteiger partial charge in [-0.2, -0.15) is 0 Å². The van der Waals surface area contributed by atoms with Crippen LogP contribution >= 0.6 is 22.7 Å². The maximum Gasteiger partial charge on any atom is 0.341 e. The molecular weight excluding hydrogens is 572 g/mol. The van der Waals surface area contributed by atoms with Crippen LogP contribution in [0.2, 0.25) is 0 Å². The van der Waals surface area contributed by atoms with Gasteiger partial charge >= 0.3 is 11.9 Å². The number of aryl methyl sites for hydroxylation is 2. The Hall–Kier alpha value is -3.76. The van der Waals surface area contributed by atoms with Crippen LogP contribution in [0.4, 0.5) is 5.00 Å². The first-order valence-corrected chi connectivity index (χ1v) is 16.1. The van der Waals surface area contributed by atoms with Gasteiger partial charge in [0.2, 0.25) is 5.88 Å². The molecule has 0 fully saturated rings. The van der Waals surface area contributed by atoms with Crippen LogP contribution in [0.15, 0.2) is 34.1 Å². The van der Waals surface area contributed by atoms with Crippen LogP contribution in [-0.2, 0) is 35.2 Å². The summed E-state index contributed by atoms with van der Waals surface area (Å²) in [6.45, 7) is 3.99. The second-order valence-electron chi connectivity index (χ2n) is 10.4. The Labute approximate surface area is 251 Å². The number of carbonyl (C=O) groups excluding carboxylic acids is 2. The number of hydrogen-bond donors (Lipinski definition) is 1. The summed E-state index contributed by atoms with van der Waals surface area (Å²) in [5.41, 5.74) is 2.63. The van der Waals surface area contributed by atoms with Gasteiger partial charge in [-0.25, -0.2) is 19.1 Å². The summed E-state index contributed by atoms with van der Waals surface area (Å²) in [6, 6.07) is 7.03. The zero-order valence-electron chi connectivity index (χ0n) is 23.7. The van der Waals surface area contributed by atoms with Crippen LogP contribution in [0.3, 0.4) is 0 Å². The number of nitrogens with zero attached hydrogens (tertiary/aromatic N) is 2. The van der Waals surface area contributed by atoms with Gasteiger partial charge in [0.15, 0.2) is 0 Å². The molecule has 10 heteroatoms. The Balaban J connectivity index is 1.56. The SMILES string of the molecule is CCOC(=O)c1c(/N=C/c2c(O)n(-c3sc4c(c3C(=O)OCC)CCCC4)c(=O)c3ccccc23)sc2c1CCCC2. The van der Waals surface area contributed by atoms with Gasteiger partial charge in [-0.1, -0.05) is 18.2 Å². The molecule has 4 aromatic rings. The van der Waals surface area contributed by atoms with Crippen LogP contribution in [0.1, 0.15) is 86.7 Å². The minimum absolute atomic E-state index is 0.201. The van der Waals surface area contributed by atoms with E-state index in [1.54, 1.807) is 38.1 Å². The van der Waals surface area contributed by atoms with Gasteiger partial charge in [0.05, 0.1) is 29.9 Å². The molecule has 1 aromatic carbocycles. The van der Waals surface area contributed by atoms with E-state index in [0.29, 0.717) is 37.5 Å². The second kappa shape index (κ2) is 11.9. The Morgan fingerprint density at radius 3 is 2.12 bits per heavy atom. The van der Waals surface area contributed by atoms with Crippen LogP contribution in [-0.4, -0.2) is 41.0 Å². The Morgan fingerprint density at radius 2 is 1.45 bits per heavy atom. The van der Waals surface area contributed by atoms with Crippen molar-refractivity contribution in [3.8, 4) is 10.9 Å². The van der Waals surface area contributed by atoms with Gasteiger partial charge < -0.3 is 14.6 Å². The number of rotatable bonds is 7. The van der Waals surface area contributed by atoms with E-state index in [2.05, 4.69) is 0 Å². The topological polar surface area (TPSA) is 107 Å². The van der Waals surface area contributed by atoms with Gasteiger partial charge in [0.25, 0.3) is 5.56 Å². The first-order valence-electron chi connectivity index (χ1n) is 14.5. The monoisotopic (exact) mass is 604 g/mol. The number of ether oxygens (including phenoxy) is 2. The highest BCUT2D eigenvalue weighted by Gasteiger charge is 2.30. The maximum atomic E-state index is 13.9. The largest absolute Gasteiger partial charge is 0.494 e. The van der Waals surface area contributed by atoms with Crippen LogP contribution < -0.4 is 5.56 Å². The van der Waals surface area contributed by atoms with Gasteiger partial charge in [0.1, 0.15) is 10.0 Å². The zero-order chi connectivity index (χ0) is 29.4. The highest BCUT2D eigenvalue weighted by molar-refractivity contribution is 7.16. The number of aliphatic imine (C=N–C) groups is 1. The fourth-order valence-corrected chi connectivity index (χ4v) is 8.58. The summed E-state index contributed by atoms with van der Waals surface area (Å²) < 4.78 is 12.0. The molecule has 0 spiro atoms. The number of aromatic hydroxyl groups is 1. The summed E-state index contributed by atoms with van der Waals surface area (Å²) in [4.78, 5) is 47.1. The van der Waals surface area contributed by atoms with Crippen molar-refractivity contribution < 1.29 is 24.2 Å². The van der Waals surface area contributed by atoms with E-state index < -0.39 is 17.5 Å². The molecule has 3 aromatic heterocycles. The van der Waals surface area contributed by atoms with Gasteiger partial charge in [0, 0.05) is 26.7 Å². The van der Waals surface area contributed by atoms with E-state index in [0.717, 1.165) is 72.2 Å². The first kappa shape index (κ1) is 28.4. The maximum absolute atomic E-state index is 13.9. The second-order valence-corrected chi connectivity index (χ2v) is 12.6. The molecule has 3 heterocycles. The van der Waals surface area contributed by atoms with Crippen molar-refractivity contribution in [3.05, 3.63) is 72.2 Å². The Bertz CT molecular complexity index is 1790. The molecule has 8 nitrogen and oxygen atoms in total. The minimum Gasteiger partial charge on any atom is -0.494 e. The molecule has 2 aliphatic carbocycles. The van der Waals surface area contributed by atoms with Crippen molar-refractivity contribution >= 4 is 56.6 Å². The van der Waals surface area contributed by atoms with Crippen molar-refractivity contribution in [1.29, 1.82) is 0 Å². The molecule has 2 aliphatic rings. The van der Waals surface area contributed by atoms with Gasteiger partial charge in [-0.05, 0) is 82.4 Å². The molecule has 0 bridgehead atoms. The molecule has 1 N–H and O–H groups in total. The predicted octanol–water partition coefficient (Wildman–Crippen LogP) is 6.68. The molecule has 0 unspecified atom stereocenters. The number of fused-ring (bicyclic) bond motifs is 3. The molecule has 0 saturated heterocycles. The molecular formula is C32H32N2O6S2. The summed E-state index contributed by atoms with van der Waals surface area (Å²) in [6.07, 6.45) is 8.74. The Morgan fingerprint density at radius 1 is 0.881 bits per heavy atom. The number of aromatic nitrogens is 1. The van der Waals surface area contributed by atoms with Crippen molar-refractivity contribution in [1.82, 2.24) is 4.57 Å². The smallest absolute Gasteiger partial charge is 0.341 e. The lowest BCUT2D eigenvalue weighted by Gasteiger charge is -2.15. The first-order chi connectivity index (χ1) is 20.4. The molecule has 42 heavy (non-hydrogen) atoms. The minimum atomic E-state index is -0.496. The number of esters is 2. The standard InChI is InChI=1S/C32H32N2O6S2/c1-3-39-31(37)25-20-13-7-9-15-23(20)41-27(25)33-17-22-18-11-5-6-12-19(18)28(35)34(29(22)36)30-26(32(38)40-4-2)21-14-8-10-16-24(21)42-30/h5-6,11-12,17,36H,3-4,7-10,13-16H2,1-2H3/b33-17+. The van der Waals surface area contributed by atoms with Gasteiger partial charge in [-0.15, -0.1) is 22.7 Å². The third-order valence-electron chi connectivity index (χ3n) is 7.88. The van der Waals surface area contributed by atoms with Crippen molar-refractivity contribution in [2.24, 2.45) is 4.99 Å². The van der Waals surface area contributed by atoms with E-state index in [1.807, 2.05) is 0 Å². The van der Waals surface area contributed by atoms with E-state index in [9.17, 15) is 19.5 Å². The molecule has 218 valence electrons. The fourth-order valence-electron chi connectivity index (χ4n) is 5.98. The highest BCUT2D eigenvalue weighted by Crippen LogP contribution is 2.42. The van der Waals surface area contributed by atoms with E-state index in [4.69, 9.17) is 14.5 Å². The van der Waals surface area contributed by atoms with Crippen molar-refractivity contribution in [3.63, 3.8) is 0 Å². The molecule has 0 amide bonds. The normalized spacial score (nSPS) is 14.6. The third-order valence-corrected chi connectivity index (χ3v) is 10.4. The number of carbonyl (C=O) groups is 2. The zero-order valence-corrected chi connectivity index (χ0v) is 25.3. The molecule has 0 atom stereocenters. The number of thiophene rings is 2. The third kappa shape index (κ3) is 4.86. The lowest BCUT2D eigenvalue weighted by Crippen LogP contribution is -2.22. The molecule has 0 radical (unpaired) electrons. The number of benzene rings is 1. The van der Waals surface area contributed by atoms with E-state index >= 15 is 0 Å². The average molecular weight is 605 g/mol. The summed E-state index contributed by atoms with van der Waals surface area (Å²) in [7, 11) is 0. The van der Waals surface area contributed by atoms with Crippen LogP contribution in [0.5, 0.6) is 5.88 Å². The fraction of sp³-hybridized carbons (Fsp3) is 0.375. The van der Waals surface area contributed by atoms with Gasteiger partial charge in [-0.3, -0.25) is 4.79 Å². The predicted molar refractivity (Wildman–Crippen MR) is 166 cm³/mol. The van der Waals surface area contributed by atoms with Crippen LogP contribution in [0.25, 0.3) is 15.8 Å². The molecule has 6 rings (SSSR count). The van der Waals surface area contributed by atoms with E-state index in [-0.39, 0.29) is 19.1 Å². The number of hydrogen-bond acceptors (Lipinski definition) is 9. The summed E-state index contributed by atoms with van der Waals surface area (Å²) >= 11 is 2.83. The molecule has 0 aliphatic heterocycles. The lowest BCUT2D eigenvalue weighted by atomic mass is 9.95. The highest BCUT2D eigenvalue weighted by atomic mass is 32.1. The Kier molecular flexibility index (Phi) is 8.00. The van der Waals surface area contributed by atoms with Crippen molar-refractivity contribution in [2.45, 2.75) is 65.2 Å². The van der Waals surface area contributed by atoms with E-state index in [1.165, 1.54) is 33.5 Å². The van der Waals surface area contributed by atoms with Crippen LogP contribution in [0, 0.1) is 0 Å². The quantitative estimate of drug-likeness (QED) is 0.186. The lowest BCUT2D eigenvalue weighted by molar-refractivity contribution is 0.0516. The molecule has 0 saturated carbocycles. The average Bonchev–Trinajstić information content (AvgIpc) is 3.56.